The van der Waals surface area contributed by atoms with Gasteiger partial charge in [-0.3, -0.25) is 0 Å². The van der Waals surface area contributed by atoms with Crippen LogP contribution in [0.15, 0.2) is 24.3 Å². The van der Waals surface area contributed by atoms with E-state index in [9.17, 15) is 19.8 Å². The quantitative estimate of drug-likeness (QED) is 0.882. The molecule has 0 saturated carbocycles. The number of carboxylic acids is 2. The average Bonchev–Trinajstić information content (AvgIpc) is 2.45. The van der Waals surface area contributed by atoms with E-state index in [1.54, 1.807) is 12.1 Å². The van der Waals surface area contributed by atoms with Crippen LogP contribution < -0.4 is 0 Å². The first-order valence-electron chi connectivity index (χ1n) is 7.64. The number of hydrogen-bond acceptors (Lipinski definition) is 2. The molecule has 0 amide bonds. The summed E-state index contributed by atoms with van der Waals surface area (Å²) in [7, 11) is 0. The van der Waals surface area contributed by atoms with Crippen LogP contribution in [-0.2, 0) is 12.8 Å². The smallest absolute Gasteiger partial charge is 0.337 e. The molecule has 2 aromatic rings. The molecule has 4 nitrogen and oxygen atoms in total. The molecular formula is C18H18O4. The second-order valence-electron chi connectivity index (χ2n) is 5.78. The SMILES string of the molecule is O=C(O)c1c2c(c3ccccc3c1C(=O)O)CCCCCC2. The molecule has 0 radical (unpaired) electrons. The molecule has 0 atom stereocenters. The van der Waals surface area contributed by atoms with Crippen LogP contribution in [0.4, 0.5) is 0 Å². The van der Waals surface area contributed by atoms with Crippen molar-refractivity contribution in [3.8, 4) is 0 Å². The number of benzene rings is 2. The van der Waals surface area contributed by atoms with Crippen molar-refractivity contribution < 1.29 is 19.8 Å². The Kier molecular flexibility index (Phi) is 3.84. The molecule has 4 heteroatoms. The Morgan fingerprint density at radius 3 is 1.86 bits per heavy atom. The van der Waals surface area contributed by atoms with Gasteiger partial charge in [0.25, 0.3) is 0 Å². The van der Waals surface area contributed by atoms with Gasteiger partial charge in [0.05, 0.1) is 11.1 Å². The third kappa shape index (κ3) is 2.34. The molecule has 0 bridgehead atoms. The summed E-state index contributed by atoms with van der Waals surface area (Å²) >= 11 is 0. The van der Waals surface area contributed by atoms with Crippen LogP contribution in [0.1, 0.15) is 57.5 Å². The molecule has 0 saturated heterocycles. The van der Waals surface area contributed by atoms with Gasteiger partial charge in [0.2, 0.25) is 0 Å². The second-order valence-corrected chi connectivity index (χ2v) is 5.78. The van der Waals surface area contributed by atoms with E-state index in [0.717, 1.165) is 48.6 Å². The normalized spacial score (nSPS) is 14.9. The first-order chi connectivity index (χ1) is 10.6. The molecule has 0 heterocycles. The van der Waals surface area contributed by atoms with Gasteiger partial charge in [-0.15, -0.1) is 0 Å². The highest BCUT2D eigenvalue weighted by atomic mass is 16.4. The summed E-state index contributed by atoms with van der Waals surface area (Å²) in [5.41, 5.74) is 1.67. The number of aromatic carboxylic acids is 2. The number of aryl methyl sites for hydroxylation is 1. The summed E-state index contributed by atoms with van der Waals surface area (Å²) in [5.74, 6) is -2.31. The maximum Gasteiger partial charge on any atom is 0.337 e. The maximum atomic E-state index is 11.8. The van der Waals surface area contributed by atoms with Crippen LogP contribution in [0.2, 0.25) is 0 Å². The lowest BCUT2D eigenvalue weighted by atomic mass is 9.83. The summed E-state index contributed by atoms with van der Waals surface area (Å²) in [5, 5.41) is 20.6. The molecule has 2 N–H and O–H groups in total. The molecule has 1 aliphatic rings. The lowest BCUT2D eigenvalue weighted by Crippen LogP contribution is -2.16. The van der Waals surface area contributed by atoms with E-state index in [-0.39, 0.29) is 11.1 Å². The minimum absolute atomic E-state index is 0.0110. The fourth-order valence-electron chi connectivity index (χ4n) is 3.54. The van der Waals surface area contributed by atoms with Gasteiger partial charge in [-0.2, -0.15) is 0 Å². The van der Waals surface area contributed by atoms with E-state index in [1.165, 1.54) is 0 Å². The largest absolute Gasteiger partial charge is 0.478 e. The van der Waals surface area contributed by atoms with Gasteiger partial charge in [-0.05, 0) is 47.6 Å². The monoisotopic (exact) mass is 298 g/mol. The Labute approximate surface area is 128 Å². The van der Waals surface area contributed by atoms with Crippen LogP contribution in [-0.4, -0.2) is 22.2 Å². The fraction of sp³-hybridized carbons (Fsp3) is 0.333. The van der Waals surface area contributed by atoms with Crippen molar-refractivity contribution in [1.29, 1.82) is 0 Å². The summed E-state index contributed by atoms with van der Waals surface area (Å²) in [4.78, 5) is 23.5. The zero-order valence-electron chi connectivity index (χ0n) is 12.3. The minimum Gasteiger partial charge on any atom is -0.478 e. The van der Waals surface area contributed by atoms with Gasteiger partial charge in [-0.25, -0.2) is 9.59 Å². The van der Waals surface area contributed by atoms with E-state index in [4.69, 9.17) is 0 Å². The van der Waals surface area contributed by atoms with E-state index in [1.807, 2.05) is 12.1 Å². The van der Waals surface area contributed by atoms with Gasteiger partial charge in [-0.1, -0.05) is 37.1 Å². The first-order valence-corrected chi connectivity index (χ1v) is 7.64. The Morgan fingerprint density at radius 2 is 1.27 bits per heavy atom. The molecule has 3 rings (SSSR count). The van der Waals surface area contributed by atoms with E-state index < -0.39 is 11.9 Å². The second kappa shape index (κ2) is 5.79. The summed E-state index contributed by atoms with van der Waals surface area (Å²) < 4.78 is 0. The number of hydrogen-bond donors (Lipinski definition) is 2. The summed E-state index contributed by atoms with van der Waals surface area (Å²) in [6.07, 6.45) is 5.58. The summed E-state index contributed by atoms with van der Waals surface area (Å²) in [6, 6.07) is 7.27. The Hall–Kier alpha value is -2.36. The molecule has 1 aliphatic carbocycles. The zero-order chi connectivity index (χ0) is 15.7. The van der Waals surface area contributed by atoms with Crippen molar-refractivity contribution in [2.24, 2.45) is 0 Å². The predicted molar refractivity (Wildman–Crippen MR) is 83.7 cm³/mol. The van der Waals surface area contributed by atoms with Gasteiger partial charge < -0.3 is 10.2 Å². The number of carboxylic acid groups (broad SMARTS) is 2. The minimum atomic E-state index is -1.17. The lowest BCUT2D eigenvalue weighted by molar-refractivity contribution is 0.0652. The van der Waals surface area contributed by atoms with Gasteiger partial charge in [0.15, 0.2) is 0 Å². The Balaban J connectivity index is 2.45. The highest BCUT2D eigenvalue weighted by molar-refractivity contribution is 6.13. The van der Waals surface area contributed by atoms with Crippen LogP contribution in [0, 0.1) is 0 Å². The van der Waals surface area contributed by atoms with E-state index in [0.29, 0.717) is 11.8 Å². The fourth-order valence-corrected chi connectivity index (χ4v) is 3.54. The lowest BCUT2D eigenvalue weighted by Gasteiger charge is -2.21. The third-order valence-corrected chi connectivity index (χ3v) is 4.47. The third-order valence-electron chi connectivity index (χ3n) is 4.47. The molecule has 0 fully saturated rings. The molecular weight excluding hydrogens is 280 g/mol. The van der Waals surface area contributed by atoms with Crippen LogP contribution in [0.25, 0.3) is 10.8 Å². The average molecular weight is 298 g/mol. The van der Waals surface area contributed by atoms with Gasteiger partial charge in [0.1, 0.15) is 0 Å². The van der Waals surface area contributed by atoms with Crippen molar-refractivity contribution in [2.75, 3.05) is 0 Å². The molecule has 0 spiro atoms. The van der Waals surface area contributed by atoms with E-state index >= 15 is 0 Å². The molecule has 22 heavy (non-hydrogen) atoms. The van der Waals surface area contributed by atoms with Crippen molar-refractivity contribution >= 4 is 22.7 Å². The molecule has 114 valence electrons. The predicted octanol–water partition coefficient (Wildman–Crippen LogP) is 3.90. The number of carbonyl (C=O) groups is 2. The molecule has 0 aliphatic heterocycles. The molecule has 0 aromatic heterocycles. The zero-order valence-corrected chi connectivity index (χ0v) is 12.3. The first kappa shape index (κ1) is 14.6. The Bertz CT molecular complexity index is 761. The highest BCUT2D eigenvalue weighted by Crippen LogP contribution is 2.34. The highest BCUT2D eigenvalue weighted by Gasteiger charge is 2.27. The van der Waals surface area contributed by atoms with Gasteiger partial charge in [0, 0.05) is 0 Å². The molecule has 0 unspecified atom stereocenters. The number of fused-ring (bicyclic) bond motifs is 3. The summed E-state index contributed by atoms with van der Waals surface area (Å²) in [6.45, 7) is 0. The van der Waals surface area contributed by atoms with Crippen molar-refractivity contribution in [3.63, 3.8) is 0 Å². The van der Waals surface area contributed by atoms with Crippen LogP contribution >= 0.6 is 0 Å². The topological polar surface area (TPSA) is 74.6 Å². The Morgan fingerprint density at radius 1 is 0.727 bits per heavy atom. The van der Waals surface area contributed by atoms with Crippen molar-refractivity contribution in [1.82, 2.24) is 0 Å². The van der Waals surface area contributed by atoms with Crippen LogP contribution in [0.3, 0.4) is 0 Å². The van der Waals surface area contributed by atoms with Crippen molar-refractivity contribution in [3.05, 3.63) is 46.5 Å². The van der Waals surface area contributed by atoms with E-state index in [2.05, 4.69) is 0 Å². The molecule has 2 aromatic carbocycles. The van der Waals surface area contributed by atoms with Crippen LogP contribution in [0.5, 0.6) is 0 Å². The van der Waals surface area contributed by atoms with Crippen molar-refractivity contribution in [2.45, 2.75) is 38.5 Å². The maximum absolute atomic E-state index is 11.8. The standard InChI is InChI=1S/C18H18O4/c19-17(20)15-13-9-4-2-1-3-7-11(13)12-8-5-6-10-14(12)16(15)18(21)22/h5-6,8,10H,1-4,7,9H2,(H,19,20)(H,21,22). The van der Waals surface area contributed by atoms with Gasteiger partial charge >= 0.3 is 11.9 Å². The number of rotatable bonds is 2.